The maximum atomic E-state index is 6.03. The van der Waals surface area contributed by atoms with Crippen LogP contribution in [0.4, 0.5) is 5.69 Å². The van der Waals surface area contributed by atoms with Gasteiger partial charge in [-0.05, 0) is 13.8 Å². The summed E-state index contributed by atoms with van der Waals surface area (Å²) in [7, 11) is 3.10. The third-order valence-electron chi connectivity index (χ3n) is 2.25. The average molecular weight is 287 g/mol. The van der Waals surface area contributed by atoms with Crippen molar-refractivity contribution in [2.45, 2.75) is 19.9 Å². The van der Waals surface area contributed by atoms with E-state index in [2.05, 4.69) is 15.7 Å². The summed E-state index contributed by atoms with van der Waals surface area (Å²) in [4.78, 5) is 4.28. The van der Waals surface area contributed by atoms with Gasteiger partial charge in [0.15, 0.2) is 0 Å². The molecule has 1 rings (SSSR count). The maximum Gasteiger partial charge on any atom is 0.210 e. The van der Waals surface area contributed by atoms with E-state index in [0.717, 1.165) is 0 Å². The van der Waals surface area contributed by atoms with E-state index in [1.54, 1.807) is 26.4 Å². The van der Waals surface area contributed by atoms with Gasteiger partial charge in [0, 0.05) is 18.2 Å². The number of hydrogen-bond acceptors (Lipinski definition) is 4. The molecule has 0 aromatic heterocycles. The molecule has 0 radical (unpaired) electrons. The zero-order valence-electron chi connectivity index (χ0n) is 11.5. The van der Waals surface area contributed by atoms with Gasteiger partial charge in [0.25, 0.3) is 0 Å². The SMILES string of the molecule is COc1cc(NC(=NC(C)C)NN)c(OC)cc1Cl. The Balaban J connectivity index is 3.11. The topological polar surface area (TPSA) is 80.9 Å². The van der Waals surface area contributed by atoms with E-state index in [1.165, 1.54) is 0 Å². The third kappa shape index (κ3) is 4.18. The van der Waals surface area contributed by atoms with Crippen LogP contribution >= 0.6 is 11.6 Å². The van der Waals surface area contributed by atoms with E-state index in [0.29, 0.717) is 28.2 Å². The number of halogens is 1. The number of rotatable bonds is 4. The van der Waals surface area contributed by atoms with Crippen molar-refractivity contribution in [3.05, 3.63) is 17.2 Å². The van der Waals surface area contributed by atoms with Crippen LogP contribution in [-0.4, -0.2) is 26.2 Å². The van der Waals surface area contributed by atoms with Gasteiger partial charge in [-0.3, -0.25) is 5.43 Å². The average Bonchev–Trinajstić information content (AvgIpc) is 2.38. The molecule has 19 heavy (non-hydrogen) atoms. The lowest BCUT2D eigenvalue weighted by Crippen LogP contribution is -2.37. The fourth-order valence-corrected chi connectivity index (χ4v) is 1.68. The van der Waals surface area contributed by atoms with Crippen LogP contribution in [0.1, 0.15) is 13.8 Å². The van der Waals surface area contributed by atoms with Gasteiger partial charge in [0.2, 0.25) is 5.96 Å². The monoisotopic (exact) mass is 286 g/mol. The first-order chi connectivity index (χ1) is 9.01. The fourth-order valence-electron chi connectivity index (χ4n) is 1.45. The van der Waals surface area contributed by atoms with E-state index < -0.39 is 0 Å². The minimum absolute atomic E-state index is 0.0961. The lowest BCUT2D eigenvalue weighted by atomic mass is 10.2. The second kappa shape index (κ2) is 7.06. The summed E-state index contributed by atoms with van der Waals surface area (Å²) in [6.45, 7) is 3.89. The van der Waals surface area contributed by atoms with Crippen molar-refractivity contribution < 1.29 is 9.47 Å². The van der Waals surface area contributed by atoms with Gasteiger partial charge in [0.1, 0.15) is 11.5 Å². The molecule has 0 fully saturated rings. The number of nitrogens with one attached hydrogen (secondary N) is 2. The molecule has 0 atom stereocenters. The van der Waals surface area contributed by atoms with Crippen molar-refractivity contribution in [2.75, 3.05) is 19.5 Å². The molecule has 106 valence electrons. The van der Waals surface area contributed by atoms with Crippen molar-refractivity contribution >= 4 is 23.2 Å². The zero-order valence-corrected chi connectivity index (χ0v) is 12.2. The molecule has 4 N–H and O–H groups in total. The number of benzene rings is 1. The van der Waals surface area contributed by atoms with Crippen molar-refractivity contribution in [1.29, 1.82) is 0 Å². The summed E-state index contributed by atoms with van der Waals surface area (Å²) in [6.07, 6.45) is 0. The van der Waals surface area contributed by atoms with Gasteiger partial charge in [-0.25, -0.2) is 10.8 Å². The van der Waals surface area contributed by atoms with Crippen LogP contribution in [0.25, 0.3) is 0 Å². The minimum Gasteiger partial charge on any atom is -0.495 e. The molecule has 0 saturated heterocycles. The number of nitrogens with zero attached hydrogens (tertiary/aromatic N) is 1. The number of hydrazine groups is 1. The van der Waals surface area contributed by atoms with Crippen molar-refractivity contribution in [3.63, 3.8) is 0 Å². The molecule has 0 spiro atoms. The third-order valence-corrected chi connectivity index (χ3v) is 2.55. The Morgan fingerprint density at radius 2 is 1.89 bits per heavy atom. The molecule has 0 heterocycles. The van der Waals surface area contributed by atoms with Crippen molar-refractivity contribution in [3.8, 4) is 11.5 Å². The van der Waals surface area contributed by atoms with Crippen LogP contribution in [0.2, 0.25) is 5.02 Å². The summed E-state index contributed by atoms with van der Waals surface area (Å²) in [5.41, 5.74) is 3.15. The summed E-state index contributed by atoms with van der Waals surface area (Å²) in [6, 6.07) is 3.47. The van der Waals surface area contributed by atoms with E-state index in [9.17, 15) is 0 Å². The number of methoxy groups -OCH3 is 2. The van der Waals surface area contributed by atoms with Gasteiger partial charge in [-0.2, -0.15) is 0 Å². The molecular weight excluding hydrogens is 268 g/mol. The Kier molecular flexibility index (Phi) is 5.72. The van der Waals surface area contributed by atoms with Gasteiger partial charge in [-0.15, -0.1) is 0 Å². The number of aliphatic imine (C=N–C) groups is 1. The highest BCUT2D eigenvalue weighted by Crippen LogP contribution is 2.35. The summed E-state index contributed by atoms with van der Waals surface area (Å²) in [5.74, 6) is 6.95. The number of anilines is 1. The molecule has 1 aromatic carbocycles. The van der Waals surface area contributed by atoms with Crippen LogP contribution in [0.15, 0.2) is 17.1 Å². The Hall–Kier alpha value is -1.66. The minimum atomic E-state index is 0.0961. The highest BCUT2D eigenvalue weighted by molar-refractivity contribution is 6.32. The van der Waals surface area contributed by atoms with Crippen LogP contribution in [-0.2, 0) is 0 Å². The van der Waals surface area contributed by atoms with Gasteiger partial charge >= 0.3 is 0 Å². The molecule has 0 bridgehead atoms. The maximum absolute atomic E-state index is 6.03. The van der Waals surface area contributed by atoms with E-state index >= 15 is 0 Å². The molecule has 0 unspecified atom stereocenters. The zero-order chi connectivity index (χ0) is 14.4. The predicted molar refractivity (Wildman–Crippen MR) is 78.1 cm³/mol. The first-order valence-electron chi connectivity index (χ1n) is 5.74. The highest BCUT2D eigenvalue weighted by atomic mass is 35.5. The smallest absolute Gasteiger partial charge is 0.210 e. The molecule has 0 aliphatic carbocycles. The number of nitrogens with two attached hydrogens (primary N) is 1. The molecule has 7 heteroatoms. The Morgan fingerprint density at radius 1 is 1.26 bits per heavy atom. The van der Waals surface area contributed by atoms with E-state index in [4.69, 9.17) is 26.9 Å². The normalized spacial score (nSPS) is 11.4. The van der Waals surface area contributed by atoms with Crippen LogP contribution in [0, 0.1) is 0 Å². The Morgan fingerprint density at radius 3 is 2.37 bits per heavy atom. The van der Waals surface area contributed by atoms with Crippen LogP contribution in [0.5, 0.6) is 11.5 Å². The fraction of sp³-hybridized carbons (Fsp3) is 0.417. The first-order valence-corrected chi connectivity index (χ1v) is 6.12. The summed E-state index contributed by atoms with van der Waals surface area (Å²) in [5, 5.41) is 3.50. The van der Waals surface area contributed by atoms with E-state index in [-0.39, 0.29) is 6.04 Å². The predicted octanol–water partition coefficient (Wildman–Crippen LogP) is 2.00. The molecule has 0 aliphatic rings. The Bertz CT molecular complexity index is 463. The van der Waals surface area contributed by atoms with Crippen molar-refractivity contribution in [2.24, 2.45) is 10.8 Å². The van der Waals surface area contributed by atoms with Gasteiger partial charge < -0.3 is 14.8 Å². The molecule has 1 aromatic rings. The van der Waals surface area contributed by atoms with Gasteiger partial charge in [0.05, 0.1) is 24.9 Å². The Labute approximate surface area is 117 Å². The number of guanidine groups is 1. The van der Waals surface area contributed by atoms with Crippen molar-refractivity contribution in [1.82, 2.24) is 5.43 Å². The quantitative estimate of drug-likeness (QED) is 0.341. The second-order valence-corrected chi connectivity index (χ2v) is 4.44. The second-order valence-electron chi connectivity index (χ2n) is 4.03. The van der Waals surface area contributed by atoms with Crippen LogP contribution < -0.4 is 26.1 Å². The highest BCUT2D eigenvalue weighted by Gasteiger charge is 2.11. The summed E-state index contributed by atoms with van der Waals surface area (Å²) < 4.78 is 10.4. The molecule has 0 saturated carbocycles. The standard InChI is InChI=1S/C12H19ClN4O2/c1-7(2)15-12(17-14)16-9-6-10(18-3)8(13)5-11(9)19-4/h5-7H,14H2,1-4H3,(H2,15,16,17). The lowest BCUT2D eigenvalue weighted by Gasteiger charge is -2.15. The molecule has 6 nitrogen and oxygen atoms in total. The largest absolute Gasteiger partial charge is 0.495 e. The molecule has 0 aliphatic heterocycles. The number of hydrogen-bond donors (Lipinski definition) is 3. The molecule has 0 amide bonds. The summed E-state index contributed by atoms with van der Waals surface area (Å²) >= 11 is 6.03. The number of ether oxygens (including phenoxy) is 2. The van der Waals surface area contributed by atoms with E-state index in [1.807, 2.05) is 13.8 Å². The van der Waals surface area contributed by atoms with Gasteiger partial charge in [-0.1, -0.05) is 11.6 Å². The van der Waals surface area contributed by atoms with Crippen LogP contribution in [0.3, 0.4) is 0 Å². The first kappa shape index (κ1) is 15.4. The molecular formula is C12H19ClN4O2. The lowest BCUT2D eigenvalue weighted by molar-refractivity contribution is 0.405.